The first-order valence-corrected chi connectivity index (χ1v) is 8.05. The Morgan fingerprint density at radius 1 is 1.25 bits per heavy atom. The third-order valence-electron chi connectivity index (χ3n) is 3.79. The first-order valence-electron chi connectivity index (χ1n) is 8.05. The second kappa shape index (κ2) is 9.19. The molecule has 0 saturated heterocycles. The Kier molecular flexibility index (Phi) is 7.93. The van der Waals surface area contributed by atoms with Crippen LogP contribution in [-0.4, -0.2) is 24.5 Å². The molecule has 3 heteroatoms. The molecule has 1 aromatic heterocycles. The number of rotatable bonds is 10. The Hall–Kier alpha value is -0.800. The van der Waals surface area contributed by atoms with Gasteiger partial charge in [-0.3, -0.25) is 4.90 Å². The summed E-state index contributed by atoms with van der Waals surface area (Å²) in [6, 6.07) is 2.10. The van der Waals surface area contributed by atoms with Gasteiger partial charge in [0.25, 0.3) is 0 Å². The monoisotopic (exact) mass is 280 g/mol. The summed E-state index contributed by atoms with van der Waals surface area (Å²) in [7, 11) is 0. The molecule has 0 spiro atoms. The molecule has 1 N–H and O–H groups in total. The van der Waals surface area contributed by atoms with Crippen LogP contribution in [0.2, 0.25) is 0 Å². The van der Waals surface area contributed by atoms with Crippen molar-refractivity contribution in [2.45, 2.75) is 54.1 Å². The fourth-order valence-corrected chi connectivity index (χ4v) is 2.24. The summed E-state index contributed by atoms with van der Waals surface area (Å²) in [5.74, 6) is 2.54. The largest absolute Gasteiger partial charge is 0.468 e. The van der Waals surface area contributed by atoms with Gasteiger partial charge in [0.2, 0.25) is 0 Å². The van der Waals surface area contributed by atoms with E-state index in [2.05, 4.69) is 50.9 Å². The highest BCUT2D eigenvalue weighted by atomic mass is 16.3. The van der Waals surface area contributed by atoms with Crippen LogP contribution < -0.4 is 5.32 Å². The third-order valence-corrected chi connectivity index (χ3v) is 3.79. The standard InChI is InChI=1S/C17H32N2O/c1-6-15(5)12-19(7-2)13-17-16(8-9-20-17)11-18-10-14(3)4/h8-9,14-15,18H,6-7,10-13H2,1-5H3. The molecule has 1 aromatic rings. The maximum Gasteiger partial charge on any atom is 0.122 e. The first-order chi connectivity index (χ1) is 9.56. The molecule has 0 aliphatic rings. The van der Waals surface area contributed by atoms with Gasteiger partial charge in [0.15, 0.2) is 0 Å². The van der Waals surface area contributed by atoms with Crippen molar-refractivity contribution >= 4 is 0 Å². The molecule has 0 amide bonds. The topological polar surface area (TPSA) is 28.4 Å². The molecule has 3 nitrogen and oxygen atoms in total. The van der Waals surface area contributed by atoms with Gasteiger partial charge in [-0.2, -0.15) is 0 Å². The Morgan fingerprint density at radius 2 is 2.00 bits per heavy atom. The van der Waals surface area contributed by atoms with Gasteiger partial charge in [-0.15, -0.1) is 0 Å². The second-order valence-electron chi connectivity index (χ2n) is 6.23. The van der Waals surface area contributed by atoms with Gasteiger partial charge in [-0.1, -0.05) is 41.0 Å². The lowest BCUT2D eigenvalue weighted by Crippen LogP contribution is -2.28. The van der Waals surface area contributed by atoms with Crippen LogP contribution in [0.25, 0.3) is 0 Å². The Labute approximate surface area is 124 Å². The van der Waals surface area contributed by atoms with Crippen LogP contribution in [0, 0.1) is 11.8 Å². The van der Waals surface area contributed by atoms with Crippen LogP contribution in [0.5, 0.6) is 0 Å². The minimum atomic E-state index is 0.683. The van der Waals surface area contributed by atoms with Gasteiger partial charge >= 0.3 is 0 Å². The molecule has 20 heavy (non-hydrogen) atoms. The Morgan fingerprint density at radius 3 is 2.60 bits per heavy atom. The predicted molar refractivity (Wildman–Crippen MR) is 85.7 cm³/mol. The third kappa shape index (κ3) is 6.10. The van der Waals surface area contributed by atoms with Crippen molar-refractivity contribution in [3.63, 3.8) is 0 Å². The number of nitrogens with zero attached hydrogens (tertiary/aromatic N) is 1. The number of hydrogen-bond acceptors (Lipinski definition) is 3. The van der Waals surface area contributed by atoms with Gasteiger partial charge in [0.1, 0.15) is 5.76 Å². The number of furan rings is 1. The van der Waals surface area contributed by atoms with E-state index in [0.29, 0.717) is 5.92 Å². The van der Waals surface area contributed by atoms with Crippen molar-refractivity contribution in [3.05, 3.63) is 23.7 Å². The van der Waals surface area contributed by atoms with Crippen LogP contribution in [0.3, 0.4) is 0 Å². The molecule has 0 aliphatic carbocycles. The molecule has 0 saturated carbocycles. The van der Waals surface area contributed by atoms with E-state index in [4.69, 9.17) is 4.42 Å². The fourth-order valence-electron chi connectivity index (χ4n) is 2.24. The quantitative estimate of drug-likeness (QED) is 0.705. The van der Waals surface area contributed by atoms with Crippen LogP contribution in [0.1, 0.15) is 52.4 Å². The molecule has 0 aromatic carbocycles. The molecule has 0 radical (unpaired) electrons. The minimum absolute atomic E-state index is 0.683. The smallest absolute Gasteiger partial charge is 0.122 e. The number of hydrogen-bond donors (Lipinski definition) is 1. The van der Waals surface area contributed by atoms with Crippen molar-refractivity contribution in [2.24, 2.45) is 11.8 Å². The summed E-state index contributed by atoms with van der Waals surface area (Å²) in [5.41, 5.74) is 1.30. The maximum absolute atomic E-state index is 5.69. The summed E-state index contributed by atoms with van der Waals surface area (Å²) in [6.45, 7) is 16.4. The summed E-state index contributed by atoms with van der Waals surface area (Å²) in [6.07, 6.45) is 3.05. The molecule has 1 heterocycles. The zero-order chi connectivity index (χ0) is 15.0. The van der Waals surface area contributed by atoms with Crippen LogP contribution >= 0.6 is 0 Å². The lowest BCUT2D eigenvalue weighted by molar-refractivity contribution is 0.219. The fraction of sp³-hybridized carbons (Fsp3) is 0.765. The van der Waals surface area contributed by atoms with Crippen molar-refractivity contribution in [1.29, 1.82) is 0 Å². The van der Waals surface area contributed by atoms with E-state index in [9.17, 15) is 0 Å². The summed E-state index contributed by atoms with van der Waals surface area (Å²) in [5, 5.41) is 3.49. The molecule has 0 fully saturated rings. The first kappa shape index (κ1) is 17.3. The normalized spacial score (nSPS) is 13.3. The lowest BCUT2D eigenvalue weighted by Gasteiger charge is -2.23. The van der Waals surface area contributed by atoms with E-state index in [1.165, 1.54) is 12.0 Å². The SMILES string of the molecule is CCC(C)CN(CC)Cc1occc1CNCC(C)C. The van der Waals surface area contributed by atoms with E-state index >= 15 is 0 Å². The second-order valence-corrected chi connectivity index (χ2v) is 6.23. The molecule has 116 valence electrons. The average Bonchev–Trinajstić information content (AvgIpc) is 2.84. The van der Waals surface area contributed by atoms with Crippen LogP contribution in [-0.2, 0) is 13.1 Å². The molecular formula is C17H32N2O. The van der Waals surface area contributed by atoms with E-state index in [1.54, 1.807) is 0 Å². The predicted octanol–water partition coefficient (Wildman–Crippen LogP) is 3.89. The van der Waals surface area contributed by atoms with E-state index in [0.717, 1.165) is 44.4 Å². The van der Waals surface area contributed by atoms with Crippen LogP contribution in [0.4, 0.5) is 0 Å². The average molecular weight is 280 g/mol. The molecular weight excluding hydrogens is 248 g/mol. The zero-order valence-electron chi connectivity index (χ0n) is 13.9. The molecule has 0 aliphatic heterocycles. The van der Waals surface area contributed by atoms with Crippen molar-refractivity contribution < 1.29 is 4.42 Å². The maximum atomic E-state index is 5.69. The van der Waals surface area contributed by atoms with E-state index in [1.807, 2.05) is 6.26 Å². The lowest BCUT2D eigenvalue weighted by atomic mass is 10.1. The highest BCUT2D eigenvalue weighted by molar-refractivity contribution is 5.16. The van der Waals surface area contributed by atoms with Crippen molar-refractivity contribution in [2.75, 3.05) is 19.6 Å². The van der Waals surface area contributed by atoms with Gasteiger partial charge in [-0.05, 0) is 31.0 Å². The summed E-state index contributed by atoms with van der Waals surface area (Å²) in [4.78, 5) is 2.47. The summed E-state index contributed by atoms with van der Waals surface area (Å²) >= 11 is 0. The van der Waals surface area contributed by atoms with Crippen molar-refractivity contribution in [3.8, 4) is 0 Å². The van der Waals surface area contributed by atoms with Gasteiger partial charge < -0.3 is 9.73 Å². The molecule has 0 bridgehead atoms. The zero-order valence-corrected chi connectivity index (χ0v) is 13.9. The van der Waals surface area contributed by atoms with Gasteiger partial charge in [0, 0.05) is 18.7 Å². The molecule has 1 atom stereocenters. The van der Waals surface area contributed by atoms with Crippen molar-refractivity contribution in [1.82, 2.24) is 10.2 Å². The van der Waals surface area contributed by atoms with Crippen LogP contribution in [0.15, 0.2) is 16.7 Å². The Balaban J connectivity index is 2.51. The van der Waals surface area contributed by atoms with Gasteiger partial charge in [0.05, 0.1) is 12.8 Å². The molecule has 1 unspecified atom stereocenters. The highest BCUT2D eigenvalue weighted by Crippen LogP contribution is 2.15. The Bertz CT molecular complexity index is 360. The molecule has 1 rings (SSSR count). The minimum Gasteiger partial charge on any atom is -0.468 e. The number of nitrogens with one attached hydrogen (secondary N) is 1. The van der Waals surface area contributed by atoms with E-state index in [-0.39, 0.29) is 0 Å². The van der Waals surface area contributed by atoms with E-state index < -0.39 is 0 Å². The highest BCUT2D eigenvalue weighted by Gasteiger charge is 2.13. The van der Waals surface area contributed by atoms with Gasteiger partial charge in [-0.25, -0.2) is 0 Å². The summed E-state index contributed by atoms with van der Waals surface area (Å²) < 4.78 is 5.69.